The third-order valence-corrected chi connectivity index (χ3v) is 3.90. The molecule has 2 aromatic carbocycles. The van der Waals surface area contributed by atoms with E-state index in [0.717, 1.165) is 5.56 Å². The van der Waals surface area contributed by atoms with Crippen molar-refractivity contribution in [2.75, 3.05) is 0 Å². The highest BCUT2D eigenvalue weighted by Crippen LogP contribution is 2.04. The van der Waals surface area contributed by atoms with E-state index in [4.69, 9.17) is 12.2 Å². The van der Waals surface area contributed by atoms with E-state index in [1.54, 1.807) is 24.3 Å². The molecule has 1 heterocycles. The Hall–Kier alpha value is -3.26. The van der Waals surface area contributed by atoms with Gasteiger partial charge < -0.3 is 5.32 Å². The van der Waals surface area contributed by atoms with Crippen molar-refractivity contribution in [1.82, 2.24) is 25.7 Å². The highest BCUT2D eigenvalue weighted by Gasteiger charge is 2.08. The summed E-state index contributed by atoms with van der Waals surface area (Å²) in [6.45, 7) is 0.377. The van der Waals surface area contributed by atoms with Crippen molar-refractivity contribution in [3.8, 4) is 0 Å². The third kappa shape index (κ3) is 4.42. The van der Waals surface area contributed by atoms with Gasteiger partial charge in [0.2, 0.25) is 0 Å². The standard InChI is InChI=1S/C18H17N5O2S/c24-16(21-22-18(26)19-10-13-6-2-1-3-7-13)11-23-12-20-15-9-5-4-8-14(15)17(23)25/h1-9,12H,10-11H2,(H,21,24)(H2,19,22,26). The van der Waals surface area contributed by atoms with Gasteiger partial charge in [-0.2, -0.15) is 0 Å². The number of carbonyl (C=O) groups is 1. The molecule has 1 aromatic heterocycles. The number of thiocarbonyl (C=S) groups is 1. The Morgan fingerprint density at radius 3 is 2.58 bits per heavy atom. The Morgan fingerprint density at radius 1 is 1.04 bits per heavy atom. The van der Waals surface area contributed by atoms with Crippen molar-refractivity contribution in [2.45, 2.75) is 13.1 Å². The fourth-order valence-electron chi connectivity index (χ4n) is 2.36. The molecule has 0 spiro atoms. The molecule has 3 aromatic rings. The van der Waals surface area contributed by atoms with Crippen LogP contribution in [0.15, 0.2) is 65.7 Å². The molecule has 0 unspecified atom stereocenters. The van der Waals surface area contributed by atoms with Gasteiger partial charge in [0, 0.05) is 6.54 Å². The molecule has 0 aliphatic carbocycles. The second-order valence-electron chi connectivity index (χ2n) is 5.54. The SMILES string of the molecule is O=C(Cn1cnc2ccccc2c1=O)NNC(=S)NCc1ccccc1. The maximum absolute atomic E-state index is 12.3. The van der Waals surface area contributed by atoms with Crippen LogP contribution in [0.25, 0.3) is 10.9 Å². The fraction of sp³-hybridized carbons (Fsp3) is 0.111. The largest absolute Gasteiger partial charge is 0.357 e. The van der Waals surface area contributed by atoms with Gasteiger partial charge in [-0.25, -0.2) is 4.98 Å². The molecule has 0 radical (unpaired) electrons. The van der Waals surface area contributed by atoms with Crippen molar-refractivity contribution in [2.24, 2.45) is 0 Å². The van der Waals surface area contributed by atoms with Crippen LogP contribution >= 0.6 is 12.2 Å². The summed E-state index contributed by atoms with van der Waals surface area (Å²) in [5.74, 6) is -0.409. The highest BCUT2D eigenvalue weighted by molar-refractivity contribution is 7.80. The topological polar surface area (TPSA) is 88.0 Å². The van der Waals surface area contributed by atoms with Crippen molar-refractivity contribution in [3.05, 3.63) is 76.8 Å². The molecule has 0 atom stereocenters. The molecular formula is C18H17N5O2S. The molecule has 1 amide bonds. The smallest absolute Gasteiger partial charge is 0.261 e. The first-order valence-corrected chi connectivity index (χ1v) is 8.35. The molecule has 7 nitrogen and oxygen atoms in total. The lowest BCUT2D eigenvalue weighted by Crippen LogP contribution is -2.48. The first-order valence-electron chi connectivity index (χ1n) is 7.94. The number of hydrogen-bond acceptors (Lipinski definition) is 4. The van der Waals surface area contributed by atoms with Gasteiger partial charge in [0.1, 0.15) is 6.54 Å². The molecule has 0 fully saturated rings. The van der Waals surface area contributed by atoms with Crippen LogP contribution in [0.3, 0.4) is 0 Å². The molecule has 0 aliphatic rings. The van der Waals surface area contributed by atoms with Gasteiger partial charge in [-0.3, -0.25) is 25.0 Å². The molecule has 0 aliphatic heterocycles. The number of aromatic nitrogens is 2. The summed E-state index contributed by atoms with van der Waals surface area (Å²) in [6, 6.07) is 16.7. The van der Waals surface area contributed by atoms with Gasteiger partial charge in [-0.05, 0) is 29.9 Å². The molecule has 26 heavy (non-hydrogen) atoms. The molecular weight excluding hydrogens is 350 g/mol. The minimum Gasteiger partial charge on any atom is -0.357 e. The molecule has 132 valence electrons. The number of fused-ring (bicyclic) bond motifs is 1. The monoisotopic (exact) mass is 367 g/mol. The summed E-state index contributed by atoms with van der Waals surface area (Å²) in [7, 11) is 0. The molecule has 8 heteroatoms. The maximum atomic E-state index is 12.3. The van der Waals surface area contributed by atoms with E-state index >= 15 is 0 Å². The number of nitrogens with zero attached hydrogens (tertiary/aromatic N) is 2. The zero-order chi connectivity index (χ0) is 18.4. The summed E-state index contributed by atoms with van der Waals surface area (Å²) in [4.78, 5) is 28.6. The maximum Gasteiger partial charge on any atom is 0.261 e. The van der Waals surface area contributed by atoms with Gasteiger partial charge in [0.05, 0.1) is 17.2 Å². The quantitative estimate of drug-likeness (QED) is 0.473. The van der Waals surface area contributed by atoms with Crippen LogP contribution in [-0.2, 0) is 17.9 Å². The van der Waals surface area contributed by atoms with E-state index in [9.17, 15) is 9.59 Å². The summed E-state index contributed by atoms with van der Waals surface area (Å²) in [5.41, 5.74) is 6.47. The summed E-state index contributed by atoms with van der Waals surface area (Å²) < 4.78 is 1.25. The minimum absolute atomic E-state index is 0.162. The number of rotatable bonds is 4. The minimum atomic E-state index is -0.409. The van der Waals surface area contributed by atoms with Crippen LogP contribution < -0.4 is 21.7 Å². The Bertz CT molecular complexity index is 988. The van der Waals surface area contributed by atoms with E-state index in [-0.39, 0.29) is 17.2 Å². The Morgan fingerprint density at radius 2 is 1.77 bits per heavy atom. The predicted molar refractivity (Wildman–Crippen MR) is 103 cm³/mol. The van der Waals surface area contributed by atoms with E-state index in [1.807, 2.05) is 30.3 Å². The number of benzene rings is 2. The second-order valence-corrected chi connectivity index (χ2v) is 5.94. The molecule has 0 bridgehead atoms. The zero-order valence-corrected chi connectivity index (χ0v) is 14.6. The number of hydrogen-bond donors (Lipinski definition) is 3. The third-order valence-electron chi connectivity index (χ3n) is 3.66. The van der Waals surface area contributed by atoms with Crippen molar-refractivity contribution in [3.63, 3.8) is 0 Å². The molecule has 3 N–H and O–H groups in total. The number of nitrogens with one attached hydrogen (secondary N) is 3. The van der Waals surface area contributed by atoms with Crippen LogP contribution in [0.5, 0.6) is 0 Å². The Labute approximate surface area is 155 Å². The van der Waals surface area contributed by atoms with E-state index < -0.39 is 5.91 Å². The first kappa shape index (κ1) is 17.6. The highest BCUT2D eigenvalue weighted by atomic mass is 32.1. The predicted octanol–water partition coefficient (Wildman–Crippen LogP) is 1.09. The Balaban J connectivity index is 1.52. The summed E-state index contributed by atoms with van der Waals surface area (Å²) in [5, 5.41) is 3.73. The first-order chi connectivity index (χ1) is 12.6. The lowest BCUT2D eigenvalue weighted by atomic mass is 10.2. The number of carbonyl (C=O) groups excluding carboxylic acids is 1. The summed E-state index contributed by atoms with van der Waals surface area (Å²) >= 11 is 5.11. The molecule has 3 rings (SSSR count). The van der Waals surface area contributed by atoms with Crippen molar-refractivity contribution < 1.29 is 4.79 Å². The van der Waals surface area contributed by atoms with Crippen LogP contribution in [0, 0.1) is 0 Å². The summed E-state index contributed by atoms with van der Waals surface area (Å²) in [6.07, 6.45) is 1.36. The Kier molecular flexibility index (Phi) is 5.55. The average Bonchev–Trinajstić information content (AvgIpc) is 2.68. The lowest BCUT2D eigenvalue weighted by Gasteiger charge is -2.12. The van der Waals surface area contributed by atoms with Gasteiger partial charge in [0.15, 0.2) is 5.11 Å². The van der Waals surface area contributed by atoms with Gasteiger partial charge in [-0.1, -0.05) is 42.5 Å². The second kappa shape index (κ2) is 8.21. The zero-order valence-electron chi connectivity index (χ0n) is 13.8. The van der Waals surface area contributed by atoms with Gasteiger partial charge in [-0.15, -0.1) is 0 Å². The normalized spacial score (nSPS) is 10.3. The average molecular weight is 367 g/mol. The van der Waals surface area contributed by atoms with E-state index in [0.29, 0.717) is 17.4 Å². The lowest BCUT2D eigenvalue weighted by molar-refractivity contribution is -0.122. The van der Waals surface area contributed by atoms with Crippen LogP contribution in [0.1, 0.15) is 5.56 Å². The van der Waals surface area contributed by atoms with E-state index in [1.165, 1.54) is 10.9 Å². The van der Waals surface area contributed by atoms with Crippen molar-refractivity contribution >= 4 is 34.1 Å². The molecule has 0 saturated carbocycles. The number of hydrazine groups is 1. The fourth-order valence-corrected chi connectivity index (χ4v) is 2.49. The van der Waals surface area contributed by atoms with Gasteiger partial charge >= 0.3 is 0 Å². The van der Waals surface area contributed by atoms with E-state index in [2.05, 4.69) is 21.2 Å². The van der Waals surface area contributed by atoms with Crippen molar-refractivity contribution in [1.29, 1.82) is 0 Å². The van der Waals surface area contributed by atoms with Crippen LogP contribution in [-0.4, -0.2) is 20.6 Å². The van der Waals surface area contributed by atoms with Gasteiger partial charge in [0.25, 0.3) is 11.5 Å². The number of amides is 1. The number of para-hydroxylation sites is 1. The molecule has 0 saturated heterocycles. The van der Waals surface area contributed by atoms with Crippen LogP contribution in [0.4, 0.5) is 0 Å². The van der Waals surface area contributed by atoms with Crippen LogP contribution in [0.2, 0.25) is 0 Å².